The van der Waals surface area contributed by atoms with Gasteiger partial charge in [0, 0.05) is 24.3 Å². The molecule has 0 bridgehead atoms. The maximum Gasteiger partial charge on any atom is 0.322 e. The van der Waals surface area contributed by atoms with Gasteiger partial charge in [0.25, 0.3) is 5.91 Å². The van der Waals surface area contributed by atoms with Crippen molar-refractivity contribution in [3.63, 3.8) is 0 Å². The Balaban J connectivity index is 1.76. The molecule has 1 atom stereocenters. The van der Waals surface area contributed by atoms with Crippen molar-refractivity contribution >= 4 is 23.5 Å². The highest BCUT2D eigenvalue weighted by molar-refractivity contribution is 5.97. The minimum atomic E-state index is -1.10. The maximum absolute atomic E-state index is 11.9. The number of nitrogens with one attached hydrogen (secondary N) is 2. The number of carboxylic acid groups (broad SMARTS) is 1. The third-order valence-corrected chi connectivity index (χ3v) is 3.80. The normalized spacial score (nSPS) is 17.1. The maximum atomic E-state index is 11.9. The third-order valence-electron chi connectivity index (χ3n) is 3.80. The largest absolute Gasteiger partial charge is 0.480 e. The van der Waals surface area contributed by atoms with E-state index in [9.17, 15) is 14.4 Å². The van der Waals surface area contributed by atoms with E-state index in [1.807, 2.05) is 0 Å². The molecule has 1 aromatic carbocycles. The minimum absolute atomic E-state index is 0.0905. The molecule has 0 saturated carbocycles. The molecule has 1 aliphatic heterocycles. The second-order valence-electron chi connectivity index (χ2n) is 5.73. The molecule has 1 aromatic rings. The van der Waals surface area contributed by atoms with Gasteiger partial charge in [-0.1, -0.05) is 0 Å². The Bertz CT molecular complexity index is 579. The first-order valence-electron chi connectivity index (χ1n) is 8.06. The van der Waals surface area contributed by atoms with Crippen molar-refractivity contribution in [2.75, 3.05) is 18.5 Å². The molecule has 1 unspecified atom stereocenters. The summed E-state index contributed by atoms with van der Waals surface area (Å²) in [7, 11) is 0. The van der Waals surface area contributed by atoms with Crippen LogP contribution in [0, 0.1) is 0 Å². The average molecular weight is 334 g/mol. The summed E-state index contributed by atoms with van der Waals surface area (Å²) in [5, 5.41) is 13.6. The molecule has 7 heteroatoms. The quantitative estimate of drug-likeness (QED) is 0.705. The predicted octanol–water partition coefficient (Wildman–Crippen LogP) is 1.79. The summed E-state index contributed by atoms with van der Waals surface area (Å²) in [6, 6.07) is 6.31. The standard InChI is InChI=1S/C17H22N2O5/c20-15(9-8-14-3-1-2-10-24-14)19-13-6-4-12(5-7-13)17(23)18-11-16(21)22/h4-7,14H,1-3,8-11H2,(H,18,23)(H,19,20)(H,21,22). The smallest absolute Gasteiger partial charge is 0.322 e. The van der Waals surface area contributed by atoms with Crippen LogP contribution >= 0.6 is 0 Å². The molecule has 1 heterocycles. The van der Waals surface area contributed by atoms with Crippen LogP contribution in [0.25, 0.3) is 0 Å². The van der Waals surface area contributed by atoms with Crippen LogP contribution in [0.5, 0.6) is 0 Å². The zero-order chi connectivity index (χ0) is 17.4. The molecule has 1 saturated heterocycles. The highest BCUT2D eigenvalue weighted by Crippen LogP contribution is 2.17. The van der Waals surface area contributed by atoms with Crippen molar-refractivity contribution in [2.24, 2.45) is 0 Å². The van der Waals surface area contributed by atoms with Crippen LogP contribution in [0.1, 0.15) is 42.5 Å². The Morgan fingerprint density at radius 3 is 2.54 bits per heavy atom. The van der Waals surface area contributed by atoms with E-state index in [2.05, 4.69) is 10.6 Å². The fourth-order valence-corrected chi connectivity index (χ4v) is 2.51. The van der Waals surface area contributed by atoms with Gasteiger partial charge in [-0.2, -0.15) is 0 Å². The summed E-state index contributed by atoms with van der Waals surface area (Å²) in [5.74, 6) is -1.66. The van der Waals surface area contributed by atoms with Gasteiger partial charge < -0.3 is 20.5 Å². The van der Waals surface area contributed by atoms with E-state index >= 15 is 0 Å². The summed E-state index contributed by atoms with van der Waals surface area (Å²) < 4.78 is 5.59. The van der Waals surface area contributed by atoms with Crippen molar-refractivity contribution < 1.29 is 24.2 Å². The highest BCUT2D eigenvalue weighted by Gasteiger charge is 2.15. The molecule has 3 N–H and O–H groups in total. The van der Waals surface area contributed by atoms with Gasteiger partial charge in [-0.15, -0.1) is 0 Å². The summed E-state index contributed by atoms with van der Waals surface area (Å²) in [4.78, 5) is 34.0. The van der Waals surface area contributed by atoms with Crippen molar-refractivity contribution in [3.05, 3.63) is 29.8 Å². The Labute approximate surface area is 140 Å². The Hall–Kier alpha value is -2.41. The van der Waals surface area contributed by atoms with Crippen LogP contribution in [0.15, 0.2) is 24.3 Å². The van der Waals surface area contributed by atoms with Crippen molar-refractivity contribution in [1.29, 1.82) is 0 Å². The number of aliphatic carboxylic acids is 1. The lowest BCUT2D eigenvalue weighted by atomic mass is 10.0. The SMILES string of the molecule is O=C(O)CNC(=O)c1ccc(NC(=O)CCC2CCCCO2)cc1. The second kappa shape index (κ2) is 9.02. The zero-order valence-corrected chi connectivity index (χ0v) is 13.4. The molecule has 2 amide bonds. The Morgan fingerprint density at radius 2 is 1.92 bits per heavy atom. The lowest BCUT2D eigenvalue weighted by Crippen LogP contribution is -2.29. The van der Waals surface area contributed by atoms with E-state index < -0.39 is 18.4 Å². The summed E-state index contributed by atoms with van der Waals surface area (Å²) in [6.07, 6.45) is 4.53. The Morgan fingerprint density at radius 1 is 1.17 bits per heavy atom. The molecule has 7 nitrogen and oxygen atoms in total. The number of benzene rings is 1. The topological polar surface area (TPSA) is 105 Å². The molecule has 0 spiro atoms. The molecule has 130 valence electrons. The number of hydrogen-bond acceptors (Lipinski definition) is 4. The van der Waals surface area contributed by atoms with Crippen molar-refractivity contribution in [1.82, 2.24) is 5.32 Å². The van der Waals surface area contributed by atoms with E-state index in [0.29, 0.717) is 24.1 Å². The number of carboxylic acids is 1. The number of amides is 2. The number of carbonyl (C=O) groups excluding carboxylic acids is 2. The number of hydrogen-bond donors (Lipinski definition) is 3. The predicted molar refractivity (Wildman–Crippen MR) is 87.9 cm³/mol. The van der Waals surface area contributed by atoms with Crippen molar-refractivity contribution in [3.8, 4) is 0 Å². The fraction of sp³-hybridized carbons (Fsp3) is 0.471. The van der Waals surface area contributed by atoms with Crippen LogP contribution in [0.4, 0.5) is 5.69 Å². The van der Waals surface area contributed by atoms with E-state index in [-0.39, 0.29) is 12.0 Å². The third kappa shape index (κ3) is 6.00. The summed E-state index contributed by atoms with van der Waals surface area (Å²) in [5.41, 5.74) is 0.934. The van der Waals surface area contributed by atoms with Crippen LogP contribution < -0.4 is 10.6 Å². The van der Waals surface area contributed by atoms with Crippen LogP contribution in [-0.2, 0) is 14.3 Å². The van der Waals surface area contributed by atoms with Gasteiger partial charge >= 0.3 is 5.97 Å². The molecule has 1 aliphatic rings. The van der Waals surface area contributed by atoms with Gasteiger partial charge in [0.2, 0.25) is 5.91 Å². The second-order valence-corrected chi connectivity index (χ2v) is 5.73. The van der Waals surface area contributed by atoms with E-state index in [1.165, 1.54) is 12.1 Å². The van der Waals surface area contributed by atoms with Gasteiger partial charge in [0.1, 0.15) is 6.54 Å². The molecular weight excluding hydrogens is 312 g/mol. The molecule has 0 radical (unpaired) electrons. The highest BCUT2D eigenvalue weighted by atomic mass is 16.5. The fourth-order valence-electron chi connectivity index (χ4n) is 2.51. The van der Waals surface area contributed by atoms with Gasteiger partial charge in [0.05, 0.1) is 6.10 Å². The van der Waals surface area contributed by atoms with Crippen LogP contribution in [0.2, 0.25) is 0 Å². The molecule has 0 aromatic heterocycles. The molecule has 1 fully saturated rings. The van der Waals surface area contributed by atoms with Crippen LogP contribution in [-0.4, -0.2) is 42.1 Å². The lowest BCUT2D eigenvalue weighted by Gasteiger charge is -2.22. The minimum Gasteiger partial charge on any atom is -0.480 e. The monoisotopic (exact) mass is 334 g/mol. The number of carbonyl (C=O) groups is 3. The molecule has 0 aliphatic carbocycles. The lowest BCUT2D eigenvalue weighted by molar-refractivity contribution is -0.135. The van der Waals surface area contributed by atoms with E-state index in [0.717, 1.165) is 25.9 Å². The Kier molecular flexibility index (Phi) is 6.74. The zero-order valence-electron chi connectivity index (χ0n) is 13.4. The van der Waals surface area contributed by atoms with Gasteiger partial charge in [-0.25, -0.2) is 0 Å². The first-order chi connectivity index (χ1) is 11.5. The molecule has 24 heavy (non-hydrogen) atoms. The molecular formula is C17H22N2O5. The van der Waals surface area contributed by atoms with Crippen LogP contribution in [0.3, 0.4) is 0 Å². The molecule has 2 rings (SSSR count). The van der Waals surface area contributed by atoms with Gasteiger partial charge in [0.15, 0.2) is 0 Å². The van der Waals surface area contributed by atoms with Crippen molar-refractivity contribution in [2.45, 2.75) is 38.2 Å². The summed E-state index contributed by atoms with van der Waals surface area (Å²) in [6.45, 7) is 0.345. The average Bonchev–Trinajstić information content (AvgIpc) is 2.59. The number of anilines is 1. The van der Waals surface area contributed by atoms with E-state index in [1.54, 1.807) is 12.1 Å². The first-order valence-corrected chi connectivity index (χ1v) is 8.06. The van der Waals surface area contributed by atoms with Gasteiger partial charge in [-0.3, -0.25) is 14.4 Å². The van der Waals surface area contributed by atoms with Gasteiger partial charge in [-0.05, 0) is 49.9 Å². The first kappa shape index (κ1) is 17.9. The number of ether oxygens (including phenoxy) is 1. The summed E-state index contributed by atoms with van der Waals surface area (Å²) >= 11 is 0. The number of rotatable bonds is 7. The van der Waals surface area contributed by atoms with E-state index in [4.69, 9.17) is 9.84 Å².